The zero-order valence-corrected chi connectivity index (χ0v) is 19.5. The lowest BCUT2D eigenvalue weighted by Crippen LogP contribution is -2.38. The van der Waals surface area contributed by atoms with Gasteiger partial charge in [-0.25, -0.2) is 18.4 Å². The van der Waals surface area contributed by atoms with Crippen LogP contribution in [0.5, 0.6) is 0 Å². The summed E-state index contributed by atoms with van der Waals surface area (Å²) in [5, 5.41) is 6.64. The van der Waals surface area contributed by atoms with Gasteiger partial charge in [0, 0.05) is 25.9 Å². The average molecular weight is 442 g/mol. The molecule has 1 heterocycles. The van der Waals surface area contributed by atoms with Crippen LogP contribution in [-0.4, -0.2) is 43.3 Å². The Balaban J connectivity index is 1.59. The fourth-order valence-corrected chi connectivity index (χ4v) is 4.62. The number of aryl methyl sites for hydroxylation is 3. The van der Waals surface area contributed by atoms with Crippen molar-refractivity contribution in [1.82, 2.24) is 20.2 Å². The zero-order chi connectivity index (χ0) is 22.4. The van der Waals surface area contributed by atoms with Gasteiger partial charge in [0.15, 0.2) is 15.8 Å². The molecule has 8 heteroatoms. The Morgan fingerprint density at radius 2 is 1.90 bits per heavy atom. The summed E-state index contributed by atoms with van der Waals surface area (Å²) in [5.41, 5.74) is 3.91. The molecule has 0 aliphatic carbocycles. The highest BCUT2D eigenvalue weighted by atomic mass is 32.2. The fourth-order valence-electron chi connectivity index (χ4n) is 3.66. The van der Waals surface area contributed by atoms with Gasteiger partial charge >= 0.3 is 0 Å². The number of hydrogen-bond donors (Lipinski definition) is 2. The topological polar surface area (TPSA) is 88.4 Å². The number of imidazole rings is 1. The monoisotopic (exact) mass is 441 g/mol. The van der Waals surface area contributed by atoms with Crippen molar-refractivity contribution < 1.29 is 8.42 Å². The summed E-state index contributed by atoms with van der Waals surface area (Å²) in [6, 6.07) is 13.6. The van der Waals surface area contributed by atoms with E-state index in [1.165, 1.54) is 6.26 Å². The van der Waals surface area contributed by atoms with Crippen molar-refractivity contribution in [3.63, 3.8) is 0 Å². The summed E-state index contributed by atoms with van der Waals surface area (Å²) in [4.78, 5) is 9.63. The Hall–Kier alpha value is -2.87. The molecule has 0 bridgehead atoms. The number of para-hydroxylation sites is 2. The van der Waals surface area contributed by atoms with Crippen LogP contribution < -0.4 is 10.6 Å². The van der Waals surface area contributed by atoms with Gasteiger partial charge < -0.3 is 15.2 Å². The molecule has 0 aliphatic rings. The molecule has 0 amide bonds. The smallest absolute Gasteiger partial charge is 0.191 e. The molecule has 0 radical (unpaired) electrons. The highest BCUT2D eigenvalue weighted by molar-refractivity contribution is 7.90. The van der Waals surface area contributed by atoms with Gasteiger partial charge in [0.1, 0.15) is 5.82 Å². The Morgan fingerprint density at radius 1 is 1.13 bits per heavy atom. The molecular formula is C23H31N5O2S. The maximum Gasteiger partial charge on any atom is 0.191 e. The van der Waals surface area contributed by atoms with Gasteiger partial charge in [0.2, 0.25) is 0 Å². The molecule has 0 unspecified atom stereocenters. The van der Waals surface area contributed by atoms with E-state index in [1.807, 2.05) is 51.1 Å². The minimum Gasteiger partial charge on any atom is -0.357 e. The molecule has 3 rings (SSSR count). The van der Waals surface area contributed by atoms with Gasteiger partial charge in [-0.15, -0.1) is 0 Å². The molecule has 0 saturated heterocycles. The van der Waals surface area contributed by atoms with E-state index >= 15 is 0 Å². The van der Waals surface area contributed by atoms with Crippen LogP contribution in [-0.2, 0) is 22.9 Å². The Labute approximate surface area is 184 Å². The van der Waals surface area contributed by atoms with E-state index in [4.69, 9.17) is 0 Å². The normalized spacial score (nSPS) is 12.3. The molecule has 2 aromatic carbocycles. The molecular weight excluding hydrogens is 410 g/mol. The summed E-state index contributed by atoms with van der Waals surface area (Å²) >= 11 is 0. The predicted octanol–water partition coefficient (Wildman–Crippen LogP) is 3.20. The van der Waals surface area contributed by atoms with Gasteiger partial charge in [-0.05, 0) is 56.5 Å². The molecule has 0 spiro atoms. The van der Waals surface area contributed by atoms with Crippen molar-refractivity contribution in [3.05, 3.63) is 59.4 Å². The average Bonchev–Trinajstić information content (AvgIpc) is 3.03. The van der Waals surface area contributed by atoms with Crippen LogP contribution in [0.3, 0.4) is 0 Å². The molecule has 7 nitrogen and oxygen atoms in total. The maximum atomic E-state index is 11.8. The number of sulfone groups is 1. The number of fused-ring (bicyclic) bond motifs is 1. The van der Waals surface area contributed by atoms with E-state index < -0.39 is 9.84 Å². The summed E-state index contributed by atoms with van der Waals surface area (Å²) in [5.74, 6) is 1.77. The minimum atomic E-state index is -3.21. The highest BCUT2D eigenvalue weighted by Gasteiger charge is 2.11. The number of benzene rings is 2. The summed E-state index contributed by atoms with van der Waals surface area (Å²) in [6.45, 7) is 8.79. The van der Waals surface area contributed by atoms with Crippen molar-refractivity contribution in [3.8, 4) is 0 Å². The summed E-state index contributed by atoms with van der Waals surface area (Å²) in [6.07, 6.45) is 2.17. The van der Waals surface area contributed by atoms with Crippen LogP contribution in [0.4, 0.5) is 0 Å². The second-order valence-electron chi connectivity index (χ2n) is 7.65. The largest absolute Gasteiger partial charge is 0.357 e. The molecule has 31 heavy (non-hydrogen) atoms. The van der Waals surface area contributed by atoms with Crippen LogP contribution >= 0.6 is 0 Å². The van der Waals surface area contributed by atoms with Gasteiger partial charge in [0.25, 0.3) is 0 Å². The van der Waals surface area contributed by atoms with Crippen LogP contribution in [0.2, 0.25) is 0 Å². The summed E-state index contributed by atoms with van der Waals surface area (Å²) < 4.78 is 25.8. The molecule has 3 aromatic rings. The first-order valence-corrected chi connectivity index (χ1v) is 12.4. The van der Waals surface area contributed by atoms with Crippen molar-refractivity contribution in [2.24, 2.45) is 4.99 Å². The predicted molar refractivity (Wildman–Crippen MR) is 126 cm³/mol. The summed E-state index contributed by atoms with van der Waals surface area (Å²) in [7, 11) is -3.21. The number of nitrogens with one attached hydrogen (secondary N) is 2. The quantitative estimate of drug-likeness (QED) is 0.318. The number of guanidine groups is 1. The number of nitrogens with zero attached hydrogens (tertiary/aromatic N) is 3. The molecule has 0 aliphatic heterocycles. The Morgan fingerprint density at radius 3 is 2.61 bits per heavy atom. The number of aromatic nitrogens is 2. The molecule has 0 atom stereocenters. The third-order valence-corrected chi connectivity index (χ3v) is 6.36. The lowest BCUT2D eigenvalue weighted by atomic mass is 10.1. The van der Waals surface area contributed by atoms with E-state index in [-0.39, 0.29) is 0 Å². The molecule has 0 fully saturated rings. The second kappa shape index (κ2) is 9.96. The van der Waals surface area contributed by atoms with E-state index in [9.17, 15) is 8.42 Å². The van der Waals surface area contributed by atoms with Gasteiger partial charge in [0.05, 0.1) is 22.5 Å². The first-order valence-electron chi connectivity index (χ1n) is 10.5. The van der Waals surface area contributed by atoms with Crippen molar-refractivity contribution in [2.75, 3.05) is 19.3 Å². The highest BCUT2D eigenvalue weighted by Crippen LogP contribution is 2.17. The van der Waals surface area contributed by atoms with Crippen molar-refractivity contribution >= 4 is 26.8 Å². The van der Waals surface area contributed by atoms with E-state index in [0.29, 0.717) is 11.4 Å². The van der Waals surface area contributed by atoms with Crippen molar-refractivity contribution in [1.29, 1.82) is 0 Å². The lowest BCUT2D eigenvalue weighted by Gasteiger charge is -2.13. The van der Waals surface area contributed by atoms with E-state index in [0.717, 1.165) is 60.0 Å². The van der Waals surface area contributed by atoms with E-state index in [2.05, 4.69) is 31.2 Å². The Bertz CT molecular complexity index is 1180. The molecule has 166 valence electrons. The van der Waals surface area contributed by atoms with Crippen LogP contribution in [0, 0.1) is 13.8 Å². The molecule has 2 N–H and O–H groups in total. The molecule has 0 saturated carbocycles. The molecule has 1 aromatic heterocycles. The standard InChI is InChI=1S/C23H31N5O2S/c1-5-24-23(26-16-19-11-12-22(17(2)15-19)31(4,29)30)25-13-8-14-28-18(3)27-20-9-6-7-10-21(20)28/h6-7,9-12,15H,5,8,13-14,16H2,1-4H3,(H2,24,25,26). The van der Waals surface area contributed by atoms with Gasteiger partial charge in [-0.2, -0.15) is 0 Å². The second-order valence-corrected chi connectivity index (χ2v) is 9.63. The SMILES string of the molecule is CCNC(=NCc1ccc(S(C)(=O)=O)c(C)c1)NCCCn1c(C)nc2ccccc21. The Kier molecular flexibility index (Phi) is 7.33. The minimum absolute atomic E-state index is 0.368. The van der Waals surface area contributed by atoms with Crippen molar-refractivity contribution in [2.45, 2.75) is 45.2 Å². The first-order chi connectivity index (χ1) is 14.8. The number of hydrogen-bond acceptors (Lipinski definition) is 4. The number of rotatable bonds is 8. The van der Waals surface area contributed by atoms with Crippen LogP contribution in [0.25, 0.3) is 11.0 Å². The maximum absolute atomic E-state index is 11.8. The first kappa shape index (κ1) is 22.8. The van der Waals surface area contributed by atoms with Crippen LogP contribution in [0.15, 0.2) is 52.4 Å². The third kappa shape index (κ3) is 5.85. The van der Waals surface area contributed by atoms with Gasteiger partial charge in [-0.1, -0.05) is 24.3 Å². The lowest BCUT2D eigenvalue weighted by molar-refractivity contribution is 0.601. The number of aliphatic imine (C=N–C) groups is 1. The fraction of sp³-hybridized carbons (Fsp3) is 0.391. The van der Waals surface area contributed by atoms with E-state index in [1.54, 1.807) is 6.07 Å². The third-order valence-electron chi connectivity index (χ3n) is 5.10. The van der Waals surface area contributed by atoms with Gasteiger partial charge in [-0.3, -0.25) is 0 Å². The van der Waals surface area contributed by atoms with Crippen LogP contribution in [0.1, 0.15) is 30.3 Å². The zero-order valence-electron chi connectivity index (χ0n) is 18.6.